The van der Waals surface area contributed by atoms with E-state index in [-0.39, 0.29) is 5.82 Å². The van der Waals surface area contributed by atoms with Crippen molar-refractivity contribution in [2.45, 2.75) is 0 Å². The standard InChI is InChI=1S/C19H14FN3O/c1-24-16-8-4-14(5-9-16)18-19-21-10-11-23(19)12-17(22-18)13-2-6-15(20)7-3-13/h2-12H,1H3. The van der Waals surface area contributed by atoms with E-state index in [0.717, 1.165) is 33.9 Å². The Morgan fingerprint density at radius 1 is 0.958 bits per heavy atom. The monoisotopic (exact) mass is 319 g/mol. The van der Waals surface area contributed by atoms with Crippen molar-refractivity contribution in [3.8, 4) is 28.3 Å². The molecule has 0 saturated heterocycles. The maximum Gasteiger partial charge on any atom is 0.163 e. The predicted molar refractivity (Wildman–Crippen MR) is 90.4 cm³/mol. The van der Waals surface area contributed by atoms with Gasteiger partial charge in [-0.05, 0) is 48.5 Å². The van der Waals surface area contributed by atoms with Crippen molar-refractivity contribution >= 4 is 5.65 Å². The Morgan fingerprint density at radius 3 is 2.38 bits per heavy atom. The van der Waals surface area contributed by atoms with E-state index < -0.39 is 0 Å². The van der Waals surface area contributed by atoms with Gasteiger partial charge in [0.25, 0.3) is 0 Å². The summed E-state index contributed by atoms with van der Waals surface area (Å²) in [5.41, 5.74) is 4.08. The van der Waals surface area contributed by atoms with Crippen LogP contribution in [0.3, 0.4) is 0 Å². The Kier molecular flexibility index (Phi) is 3.46. The van der Waals surface area contributed by atoms with Gasteiger partial charge >= 0.3 is 0 Å². The number of rotatable bonds is 3. The Bertz CT molecular complexity index is 991. The van der Waals surface area contributed by atoms with Crippen molar-refractivity contribution in [1.29, 1.82) is 0 Å². The van der Waals surface area contributed by atoms with E-state index in [4.69, 9.17) is 9.72 Å². The molecule has 0 aliphatic carbocycles. The molecule has 0 atom stereocenters. The zero-order valence-corrected chi connectivity index (χ0v) is 13.0. The number of halogens is 1. The second-order valence-corrected chi connectivity index (χ2v) is 5.37. The fourth-order valence-electron chi connectivity index (χ4n) is 2.63. The van der Waals surface area contributed by atoms with Crippen LogP contribution in [0.2, 0.25) is 0 Å². The third kappa shape index (κ3) is 2.50. The smallest absolute Gasteiger partial charge is 0.163 e. The lowest BCUT2D eigenvalue weighted by molar-refractivity contribution is 0.415. The minimum absolute atomic E-state index is 0.266. The fourth-order valence-corrected chi connectivity index (χ4v) is 2.63. The number of imidazole rings is 1. The number of aromatic nitrogens is 3. The molecule has 4 rings (SSSR count). The van der Waals surface area contributed by atoms with Crippen LogP contribution in [0.5, 0.6) is 5.75 Å². The van der Waals surface area contributed by atoms with Crippen LogP contribution in [-0.2, 0) is 0 Å². The molecule has 0 radical (unpaired) electrons. The van der Waals surface area contributed by atoms with Gasteiger partial charge in [0.15, 0.2) is 5.65 Å². The Morgan fingerprint density at radius 2 is 1.67 bits per heavy atom. The van der Waals surface area contributed by atoms with Crippen LogP contribution < -0.4 is 4.74 Å². The molecular formula is C19H14FN3O. The molecule has 0 fully saturated rings. The summed E-state index contributed by atoms with van der Waals surface area (Å²) in [5.74, 6) is 0.519. The lowest BCUT2D eigenvalue weighted by atomic mass is 10.1. The summed E-state index contributed by atoms with van der Waals surface area (Å²) in [6.45, 7) is 0. The third-order valence-corrected chi connectivity index (χ3v) is 3.88. The van der Waals surface area contributed by atoms with E-state index >= 15 is 0 Å². The number of hydrogen-bond acceptors (Lipinski definition) is 3. The first kappa shape index (κ1) is 14.4. The second-order valence-electron chi connectivity index (χ2n) is 5.37. The van der Waals surface area contributed by atoms with Crippen molar-refractivity contribution in [3.63, 3.8) is 0 Å². The number of benzene rings is 2. The van der Waals surface area contributed by atoms with E-state index in [0.29, 0.717) is 0 Å². The van der Waals surface area contributed by atoms with E-state index in [1.54, 1.807) is 25.4 Å². The van der Waals surface area contributed by atoms with Gasteiger partial charge in [0, 0.05) is 29.7 Å². The molecule has 4 aromatic rings. The molecule has 5 heteroatoms. The fraction of sp³-hybridized carbons (Fsp3) is 0.0526. The van der Waals surface area contributed by atoms with Gasteiger partial charge in [-0.15, -0.1) is 0 Å². The molecule has 0 amide bonds. The minimum atomic E-state index is -0.266. The Balaban J connectivity index is 1.90. The van der Waals surface area contributed by atoms with E-state index in [2.05, 4.69) is 4.98 Å². The summed E-state index contributed by atoms with van der Waals surface area (Å²) in [4.78, 5) is 9.15. The van der Waals surface area contributed by atoms with Gasteiger partial charge in [-0.3, -0.25) is 0 Å². The van der Waals surface area contributed by atoms with Crippen molar-refractivity contribution < 1.29 is 9.13 Å². The molecular weight excluding hydrogens is 305 g/mol. The highest BCUT2D eigenvalue weighted by Gasteiger charge is 2.11. The largest absolute Gasteiger partial charge is 0.497 e. The van der Waals surface area contributed by atoms with Crippen molar-refractivity contribution in [3.05, 3.63) is 72.9 Å². The minimum Gasteiger partial charge on any atom is -0.497 e. The Hall–Kier alpha value is -3.21. The Labute approximate surface area is 138 Å². The van der Waals surface area contributed by atoms with Gasteiger partial charge in [0.05, 0.1) is 12.8 Å². The molecule has 0 aliphatic rings. The van der Waals surface area contributed by atoms with Gasteiger partial charge in [-0.2, -0.15) is 0 Å². The average Bonchev–Trinajstić information content (AvgIpc) is 3.10. The highest BCUT2D eigenvalue weighted by Crippen LogP contribution is 2.27. The third-order valence-electron chi connectivity index (χ3n) is 3.88. The van der Waals surface area contributed by atoms with Crippen LogP contribution in [0.25, 0.3) is 28.2 Å². The quantitative estimate of drug-likeness (QED) is 0.568. The predicted octanol–water partition coefficient (Wildman–Crippen LogP) is 4.21. The number of ether oxygens (including phenoxy) is 1. The van der Waals surface area contributed by atoms with Crippen LogP contribution in [0, 0.1) is 5.82 Å². The summed E-state index contributed by atoms with van der Waals surface area (Å²) in [6.07, 6.45) is 5.50. The highest BCUT2D eigenvalue weighted by molar-refractivity contribution is 5.76. The SMILES string of the molecule is COc1ccc(-c2nc(-c3ccc(F)cc3)cn3ccnc23)cc1. The zero-order valence-electron chi connectivity index (χ0n) is 13.0. The van der Waals surface area contributed by atoms with Crippen molar-refractivity contribution in [2.75, 3.05) is 7.11 Å². The lowest BCUT2D eigenvalue weighted by Gasteiger charge is -2.09. The zero-order chi connectivity index (χ0) is 16.5. The maximum atomic E-state index is 13.2. The molecule has 2 aromatic heterocycles. The molecule has 2 heterocycles. The van der Waals surface area contributed by atoms with Crippen LogP contribution in [0.1, 0.15) is 0 Å². The van der Waals surface area contributed by atoms with E-state index in [9.17, 15) is 4.39 Å². The van der Waals surface area contributed by atoms with Gasteiger partial charge < -0.3 is 9.14 Å². The van der Waals surface area contributed by atoms with E-state index in [1.807, 2.05) is 41.1 Å². The number of fused-ring (bicyclic) bond motifs is 1. The summed E-state index contributed by atoms with van der Waals surface area (Å²) < 4.78 is 20.3. The molecule has 24 heavy (non-hydrogen) atoms. The summed E-state index contributed by atoms with van der Waals surface area (Å²) >= 11 is 0. The topological polar surface area (TPSA) is 39.4 Å². The van der Waals surface area contributed by atoms with Crippen LogP contribution in [0.4, 0.5) is 4.39 Å². The summed E-state index contributed by atoms with van der Waals surface area (Å²) in [5, 5.41) is 0. The molecule has 0 bridgehead atoms. The molecule has 0 saturated carbocycles. The van der Waals surface area contributed by atoms with Gasteiger partial charge in [-0.25, -0.2) is 14.4 Å². The summed E-state index contributed by atoms with van der Waals surface area (Å²) in [6, 6.07) is 14.0. The molecule has 0 aliphatic heterocycles. The average molecular weight is 319 g/mol. The van der Waals surface area contributed by atoms with Crippen molar-refractivity contribution in [1.82, 2.24) is 14.4 Å². The first-order valence-electron chi connectivity index (χ1n) is 7.49. The molecule has 4 nitrogen and oxygen atoms in total. The number of nitrogens with zero attached hydrogens (tertiary/aromatic N) is 3. The number of methoxy groups -OCH3 is 1. The van der Waals surface area contributed by atoms with Crippen molar-refractivity contribution in [2.24, 2.45) is 0 Å². The van der Waals surface area contributed by atoms with E-state index in [1.165, 1.54) is 12.1 Å². The van der Waals surface area contributed by atoms with Gasteiger partial charge in [0.1, 0.15) is 17.3 Å². The molecule has 118 valence electrons. The maximum absolute atomic E-state index is 13.2. The first-order chi connectivity index (χ1) is 11.7. The lowest BCUT2D eigenvalue weighted by Crippen LogP contribution is -1.96. The van der Waals surface area contributed by atoms with Crippen LogP contribution in [0.15, 0.2) is 67.1 Å². The number of hydrogen-bond donors (Lipinski definition) is 0. The van der Waals surface area contributed by atoms with Gasteiger partial charge in [0.2, 0.25) is 0 Å². The second kappa shape index (κ2) is 5.77. The normalized spacial score (nSPS) is 10.9. The van der Waals surface area contributed by atoms with Crippen LogP contribution in [-0.4, -0.2) is 21.5 Å². The highest BCUT2D eigenvalue weighted by atomic mass is 19.1. The molecule has 2 aromatic carbocycles. The van der Waals surface area contributed by atoms with Crippen LogP contribution >= 0.6 is 0 Å². The molecule has 0 N–H and O–H groups in total. The first-order valence-corrected chi connectivity index (χ1v) is 7.49. The molecule has 0 spiro atoms. The van der Waals surface area contributed by atoms with Gasteiger partial charge in [-0.1, -0.05) is 0 Å². The molecule has 0 unspecified atom stereocenters. The summed E-state index contributed by atoms with van der Waals surface area (Å²) in [7, 11) is 1.63.